The Balaban J connectivity index is 2.44. The predicted molar refractivity (Wildman–Crippen MR) is 95.5 cm³/mol. The van der Waals surface area contributed by atoms with E-state index < -0.39 is 21.7 Å². The number of carbonyl (C=O) groups is 1. The molecule has 0 aliphatic heterocycles. The highest BCUT2D eigenvalue weighted by Crippen LogP contribution is 2.18. The van der Waals surface area contributed by atoms with Gasteiger partial charge >= 0.3 is 6.09 Å². The maximum Gasteiger partial charge on any atom is 0.412 e. The third-order valence-electron chi connectivity index (χ3n) is 2.73. The first-order valence-corrected chi connectivity index (χ1v) is 9.46. The normalized spacial score (nSPS) is 11.8. The van der Waals surface area contributed by atoms with Crippen molar-refractivity contribution in [2.45, 2.75) is 26.4 Å². The van der Waals surface area contributed by atoms with Gasteiger partial charge in [-0.3, -0.25) is 5.32 Å². The number of rotatable bonds is 9. The molecule has 1 aromatic rings. The maximum absolute atomic E-state index is 11.7. The van der Waals surface area contributed by atoms with Crippen molar-refractivity contribution >= 4 is 21.8 Å². The summed E-state index contributed by atoms with van der Waals surface area (Å²) in [6, 6.07) is 6.75. The Labute approximate surface area is 148 Å². The van der Waals surface area contributed by atoms with Crippen molar-refractivity contribution in [1.29, 1.82) is 0 Å². The van der Waals surface area contributed by atoms with E-state index in [-0.39, 0.29) is 25.5 Å². The standard InChI is InChI=1S/C16H26N2O6S/c1-16(2,3)24-15(19)18-13-6-5-7-14(12-13)23-9-8-17-25(20,21)11-10-22-4/h5-7,12,17H,8-11H2,1-4H3,(H,18,19). The smallest absolute Gasteiger partial charge is 0.412 e. The quantitative estimate of drug-likeness (QED) is 0.641. The van der Waals surface area contributed by atoms with E-state index in [1.807, 2.05) is 0 Å². The van der Waals surface area contributed by atoms with Crippen LogP contribution in [0.5, 0.6) is 5.75 Å². The van der Waals surface area contributed by atoms with E-state index >= 15 is 0 Å². The molecule has 0 saturated carbocycles. The van der Waals surface area contributed by atoms with Crippen LogP contribution >= 0.6 is 0 Å². The van der Waals surface area contributed by atoms with Gasteiger partial charge in [0.05, 0.1) is 12.4 Å². The van der Waals surface area contributed by atoms with Crippen LogP contribution in [0.4, 0.5) is 10.5 Å². The van der Waals surface area contributed by atoms with Crippen LogP contribution in [0.15, 0.2) is 24.3 Å². The van der Waals surface area contributed by atoms with Crippen LogP contribution in [0.1, 0.15) is 20.8 Å². The highest BCUT2D eigenvalue weighted by molar-refractivity contribution is 7.89. The lowest BCUT2D eigenvalue weighted by molar-refractivity contribution is 0.0636. The average molecular weight is 374 g/mol. The van der Waals surface area contributed by atoms with Gasteiger partial charge in [0.2, 0.25) is 10.0 Å². The van der Waals surface area contributed by atoms with Crippen LogP contribution in [0.3, 0.4) is 0 Å². The average Bonchev–Trinajstić information content (AvgIpc) is 2.48. The summed E-state index contributed by atoms with van der Waals surface area (Å²) in [4.78, 5) is 11.7. The second-order valence-electron chi connectivity index (χ2n) is 6.21. The van der Waals surface area contributed by atoms with E-state index in [1.165, 1.54) is 7.11 Å². The zero-order valence-electron chi connectivity index (χ0n) is 15.0. The summed E-state index contributed by atoms with van der Waals surface area (Å²) >= 11 is 0. The molecule has 0 aliphatic rings. The van der Waals surface area contributed by atoms with Gasteiger partial charge in [-0.05, 0) is 32.9 Å². The number of amides is 1. The summed E-state index contributed by atoms with van der Waals surface area (Å²) in [5.41, 5.74) is -0.0644. The van der Waals surface area contributed by atoms with Crippen molar-refractivity contribution in [3.8, 4) is 5.75 Å². The van der Waals surface area contributed by atoms with Crippen molar-refractivity contribution in [2.75, 3.05) is 37.9 Å². The van der Waals surface area contributed by atoms with Crippen LogP contribution in [0.2, 0.25) is 0 Å². The molecule has 0 spiro atoms. The molecular weight excluding hydrogens is 348 g/mol. The molecule has 1 aromatic carbocycles. The van der Waals surface area contributed by atoms with Crippen molar-refractivity contribution in [3.05, 3.63) is 24.3 Å². The van der Waals surface area contributed by atoms with Gasteiger partial charge in [-0.1, -0.05) is 6.07 Å². The fraction of sp³-hybridized carbons (Fsp3) is 0.562. The lowest BCUT2D eigenvalue weighted by atomic mass is 10.2. The summed E-state index contributed by atoms with van der Waals surface area (Å²) in [5, 5.41) is 2.61. The van der Waals surface area contributed by atoms with Crippen LogP contribution in [0, 0.1) is 0 Å². The SMILES string of the molecule is COCCS(=O)(=O)NCCOc1cccc(NC(=O)OC(C)(C)C)c1. The topological polar surface area (TPSA) is 103 Å². The molecule has 0 saturated heterocycles. The molecule has 1 rings (SSSR count). The van der Waals surface area contributed by atoms with Gasteiger partial charge in [0.15, 0.2) is 0 Å². The molecule has 25 heavy (non-hydrogen) atoms. The predicted octanol–water partition coefficient (Wildman–Crippen LogP) is 1.98. The molecule has 0 fully saturated rings. The van der Waals surface area contributed by atoms with E-state index in [1.54, 1.807) is 45.0 Å². The van der Waals surface area contributed by atoms with Crippen molar-refractivity contribution in [3.63, 3.8) is 0 Å². The van der Waals surface area contributed by atoms with Crippen molar-refractivity contribution in [2.24, 2.45) is 0 Å². The minimum atomic E-state index is -3.37. The Morgan fingerprint density at radius 3 is 2.56 bits per heavy atom. The van der Waals surface area contributed by atoms with Crippen LogP contribution in [0.25, 0.3) is 0 Å². The minimum absolute atomic E-state index is 0.0984. The van der Waals surface area contributed by atoms with Gasteiger partial charge in [0, 0.05) is 25.4 Å². The molecule has 1 amide bonds. The Bertz CT molecular complexity index is 655. The van der Waals surface area contributed by atoms with Crippen molar-refractivity contribution < 1.29 is 27.4 Å². The van der Waals surface area contributed by atoms with Crippen LogP contribution in [-0.4, -0.2) is 52.7 Å². The highest BCUT2D eigenvalue weighted by atomic mass is 32.2. The fourth-order valence-corrected chi connectivity index (χ4v) is 2.64. The number of ether oxygens (including phenoxy) is 3. The van der Waals surface area contributed by atoms with E-state index in [2.05, 4.69) is 10.0 Å². The Morgan fingerprint density at radius 2 is 1.92 bits per heavy atom. The molecule has 0 aliphatic carbocycles. The van der Waals surface area contributed by atoms with Gasteiger partial charge in [-0.2, -0.15) is 0 Å². The Kier molecular flexibility index (Phi) is 8.14. The summed E-state index contributed by atoms with van der Waals surface area (Å²) in [5.74, 6) is 0.406. The molecule has 9 heteroatoms. The van der Waals surface area contributed by atoms with E-state index in [0.717, 1.165) is 0 Å². The first-order chi connectivity index (χ1) is 11.6. The molecule has 8 nitrogen and oxygen atoms in total. The zero-order valence-corrected chi connectivity index (χ0v) is 15.8. The van der Waals surface area contributed by atoms with Gasteiger partial charge in [0.1, 0.15) is 18.0 Å². The third kappa shape index (κ3) is 9.90. The summed E-state index contributed by atoms with van der Waals surface area (Å²) < 4.78 is 41.0. The summed E-state index contributed by atoms with van der Waals surface area (Å²) in [6.45, 7) is 5.76. The number of hydrogen-bond donors (Lipinski definition) is 2. The fourth-order valence-electron chi connectivity index (χ4n) is 1.72. The third-order valence-corrected chi connectivity index (χ3v) is 4.08. The number of anilines is 1. The Hall–Kier alpha value is -1.84. The van der Waals surface area contributed by atoms with Gasteiger partial charge < -0.3 is 14.2 Å². The second-order valence-corrected chi connectivity index (χ2v) is 8.14. The minimum Gasteiger partial charge on any atom is -0.492 e. The summed E-state index contributed by atoms with van der Waals surface area (Å²) in [6.07, 6.45) is -0.560. The molecule has 0 heterocycles. The number of methoxy groups -OCH3 is 1. The maximum atomic E-state index is 11.7. The highest BCUT2D eigenvalue weighted by Gasteiger charge is 2.16. The number of carbonyl (C=O) groups excluding carboxylic acids is 1. The molecule has 0 aromatic heterocycles. The summed E-state index contributed by atoms with van der Waals surface area (Å²) in [7, 11) is -1.93. The monoisotopic (exact) mass is 374 g/mol. The molecule has 0 unspecified atom stereocenters. The lowest BCUT2D eigenvalue weighted by Crippen LogP contribution is -2.31. The number of hydrogen-bond acceptors (Lipinski definition) is 6. The largest absolute Gasteiger partial charge is 0.492 e. The van der Waals surface area contributed by atoms with E-state index in [9.17, 15) is 13.2 Å². The molecule has 2 N–H and O–H groups in total. The van der Waals surface area contributed by atoms with Crippen LogP contribution in [-0.2, 0) is 19.5 Å². The van der Waals surface area contributed by atoms with Crippen molar-refractivity contribution in [1.82, 2.24) is 4.72 Å². The van der Waals surface area contributed by atoms with Gasteiger partial charge in [-0.25, -0.2) is 17.9 Å². The van der Waals surface area contributed by atoms with E-state index in [4.69, 9.17) is 14.2 Å². The molecule has 0 radical (unpaired) electrons. The molecule has 0 bridgehead atoms. The van der Waals surface area contributed by atoms with Crippen LogP contribution < -0.4 is 14.8 Å². The van der Waals surface area contributed by atoms with E-state index in [0.29, 0.717) is 11.4 Å². The molecular formula is C16H26N2O6S. The Morgan fingerprint density at radius 1 is 1.20 bits per heavy atom. The number of nitrogens with one attached hydrogen (secondary N) is 2. The molecule has 0 atom stereocenters. The second kappa shape index (κ2) is 9.59. The first kappa shape index (κ1) is 21.2. The zero-order chi connectivity index (χ0) is 18.9. The number of sulfonamides is 1. The van der Waals surface area contributed by atoms with Gasteiger partial charge in [-0.15, -0.1) is 0 Å². The van der Waals surface area contributed by atoms with Gasteiger partial charge in [0.25, 0.3) is 0 Å². The molecule has 142 valence electrons. The number of benzene rings is 1. The first-order valence-electron chi connectivity index (χ1n) is 7.80. The lowest BCUT2D eigenvalue weighted by Gasteiger charge is -2.19.